The zero-order valence-electron chi connectivity index (χ0n) is 58.3. The molecule has 0 aliphatic carbocycles. The van der Waals surface area contributed by atoms with Crippen molar-refractivity contribution in [2.75, 3.05) is 4.90 Å². The van der Waals surface area contributed by atoms with Crippen molar-refractivity contribution in [3.8, 4) is 45.1 Å². The molecular weight excluding hydrogens is 1110 g/mol. The summed E-state index contributed by atoms with van der Waals surface area (Å²) in [5.41, 5.74) is 37.7. The van der Waals surface area contributed by atoms with E-state index in [1.54, 1.807) is 0 Å². The zero-order chi connectivity index (χ0) is 64.8. The van der Waals surface area contributed by atoms with Crippen molar-refractivity contribution in [2.24, 2.45) is 0 Å². The number of aryl methyl sites for hydroxylation is 6. The minimum atomic E-state index is -0.144. The highest BCUT2D eigenvalue weighted by molar-refractivity contribution is 7.02. The number of ether oxygens (including phenoxy) is 1. The summed E-state index contributed by atoms with van der Waals surface area (Å²) in [5, 5.41) is 5.24. The quantitative estimate of drug-likeness (QED) is 0.165. The summed E-state index contributed by atoms with van der Waals surface area (Å²) in [6.07, 6.45) is 0. The van der Waals surface area contributed by atoms with E-state index in [1.165, 1.54) is 177 Å². The lowest BCUT2D eigenvalue weighted by Crippen LogP contribution is -2.63. The minimum absolute atomic E-state index is 0.0326. The largest absolute Gasteiger partial charge is 0.458 e. The van der Waals surface area contributed by atoms with Crippen molar-refractivity contribution in [3.63, 3.8) is 0 Å². The maximum absolute atomic E-state index is 7.91. The second-order valence-electron chi connectivity index (χ2n) is 33.5. The summed E-state index contributed by atoms with van der Waals surface area (Å²) in [7, 11) is 0. The summed E-state index contributed by atoms with van der Waals surface area (Å²) < 4.78 is 13.2. The molecule has 0 fully saturated rings. The van der Waals surface area contributed by atoms with Gasteiger partial charge in [-0.2, -0.15) is 0 Å². The topological polar surface area (TPSA) is 22.3 Å². The molecule has 0 bridgehead atoms. The lowest BCUT2D eigenvalue weighted by molar-refractivity contribution is 0.487. The van der Waals surface area contributed by atoms with E-state index < -0.39 is 0 Å². The van der Waals surface area contributed by atoms with Gasteiger partial charge in [0.05, 0.1) is 11.0 Å². The Morgan fingerprint density at radius 2 is 0.717 bits per heavy atom. The SMILES string of the molecule is Cc1cc(C)c(-c2cc3c4c(c2)-n2c5ccc(C(C)(C)C)cc5c5cc(C(C)(C)C)cc(c52)B4c2cc4c(cc2O3)N(c2ccc(C(C)(C)C)cc2)c2cc(-c3c(C)cc(C)cc3C)cc3c2B4c2cc(C(C)(C)C)cc4c5cc(C(C)(C)C)ccc5n-3c24)c(C)c1. The van der Waals surface area contributed by atoms with Gasteiger partial charge in [0.2, 0.25) is 0 Å². The molecule has 12 aromatic rings. The summed E-state index contributed by atoms with van der Waals surface area (Å²) in [4.78, 5) is 2.63. The van der Waals surface area contributed by atoms with Gasteiger partial charge < -0.3 is 18.8 Å². The molecule has 2 aromatic heterocycles. The van der Waals surface area contributed by atoms with E-state index >= 15 is 0 Å². The maximum Gasteiger partial charge on any atom is 0.256 e. The molecule has 0 unspecified atom stereocenters. The fourth-order valence-electron chi connectivity index (χ4n) is 17.1. The Kier molecular flexibility index (Phi) is 12.2. The highest BCUT2D eigenvalue weighted by Gasteiger charge is 2.48. The molecule has 0 saturated carbocycles. The molecule has 10 aromatic carbocycles. The van der Waals surface area contributed by atoms with Gasteiger partial charge in [-0.05, 0) is 247 Å². The molecule has 92 heavy (non-hydrogen) atoms. The minimum Gasteiger partial charge on any atom is -0.458 e. The van der Waals surface area contributed by atoms with Gasteiger partial charge >= 0.3 is 0 Å². The molecule has 6 heterocycles. The second-order valence-corrected chi connectivity index (χ2v) is 33.5. The predicted molar refractivity (Wildman–Crippen MR) is 398 cm³/mol. The Morgan fingerprint density at radius 1 is 0.315 bits per heavy atom. The molecule has 0 radical (unpaired) electrons. The number of anilines is 3. The highest BCUT2D eigenvalue weighted by atomic mass is 16.5. The van der Waals surface area contributed by atoms with Gasteiger partial charge in [-0.1, -0.05) is 182 Å². The Bertz CT molecular complexity index is 5230. The number of aromatic nitrogens is 2. The van der Waals surface area contributed by atoms with Crippen LogP contribution in [0.4, 0.5) is 17.1 Å². The standard InChI is InChI=1S/C86H87B2N3O/c1-46-30-48(3)76(49(4)31-46)52-34-71-78-72(35-52)90-68-28-24-55(83(10,11)12)38-60(68)62-40-57(85(16,17)18)42-66(80(62)90)87(78)64-44-65-74(45-70(64)89(71)59-26-22-54(23-27-59)82(7,8)9)92-75-37-53(77-50(5)32-47(2)33-51(77)6)36-73-79(75)88(65)67-43-58(86(19,20)21)41-63-61-39-56(84(13,14)15)25-29-69(61)91(73)81(63)67/h22-45H,1-21H3. The number of fused-ring (bicyclic) bond motifs is 14. The molecule has 4 nitrogen and oxygen atoms in total. The first-order valence-corrected chi connectivity index (χ1v) is 33.8. The van der Waals surface area contributed by atoms with Crippen LogP contribution in [0.1, 0.15) is 165 Å². The average molecular weight is 1200 g/mol. The lowest BCUT2D eigenvalue weighted by atomic mass is 9.30. The summed E-state index contributed by atoms with van der Waals surface area (Å²) >= 11 is 0. The smallest absolute Gasteiger partial charge is 0.256 e. The van der Waals surface area contributed by atoms with Crippen LogP contribution in [0.3, 0.4) is 0 Å². The zero-order valence-corrected chi connectivity index (χ0v) is 58.3. The molecule has 0 N–H and O–H groups in total. The predicted octanol–water partition coefficient (Wildman–Crippen LogP) is 19.1. The number of benzene rings is 10. The van der Waals surface area contributed by atoms with Crippen molar-refractivity contribution in [1.29, 1.82) is 0 Å². The third-order valence-corrected chi connectivity index (χ3v) is 21.6. The van der Waals surface area contributed by atoms with Crippen molar-refractivity contribution < 1.29 is 4.74 Å². The van der Waals surface area contributed by atoms with Crippen LogP contribution in [0.15, 0.2) is 146 Å². The van der Waals surface area contributed by atoms with E-state index in [9.17, 15) is 0 Å². The van der Waals surface area contributed by atoms with Gasteiger partial charge in [-0.15, -0.1) is 0 Å². The summed E-state index contributed by atoms with van der Waals surface area (Å²) in [5.74, 6) is 1.83. The first-order chi connectivity index (χ1) is 43.2. The number of hydrogen-bond donors (Lipinski definition) is 0. The van der Waals surface area contributed by atoms with E-state index in [0.29, 0.717) is 0 Å². The van der Waals surface area contributed by atoms with Crippen molar-refractivity contribution in [1.82, 2.24) is 9.13 Å². The normalized spacial score (nSPS) is 14.2. The van der Waals surface area contributed by atoms with Crippen molar-refractivity contribution in [3.05, 3.63) is 207 Å². The molecule has 6 heteroatoms. The first kappa shape index (κ1) is 58.6. The van der Waals surface area contributed by atoms with Crippen LogP contribution < -0.4 is 42.4 Å². The Morgan fingerprint density at radius 3 is 1.17 bits per heavy atom. The highest BCUT2D eigenvalue weighted by Crippen LogP contribution is 2.49. The van der Waals surface area contributed by atoms with E-state index in [-0.39, 0.29) is 40.5 Å². The van der Waals surface area contributed by atoms with Crippen LogP contribution in [0.2, 0.25) is 0 Å². The molecule has 4 aliphatic heterocycles. The van der Waals surface area contributed by atoms with Crippen molar-refractivity contribution >= 4 is 107 Å². The molecule has 458 valence electrons. The van der Waals surface area contributed by atoms with Gasteiger partial charge in [-0.3, -0.25) is 0 Å². The van der Waals surface area contributed by atoms with Gasteiger partial charge in [0.25, 0.3) is 13.4 Å². The Labute approximate surface area is 546 Å². The van der Waals surface area contributed by atoms with Gasteiger partial charge in [-0.25, -0.2) is 0 Å². The fourth-order valence-corrected chi connectivity index (χ4v) is 17.1. The van der Waals surface area contributed by atoms with Crippen molar-refractivity contribution in [2.45, 2.75) is 172 Å². The average Bonchev–Trinajstić information content (AvgIpc) is 1.33. The number of rotatable bonds is 3. The van der Waals surface area contributed by atoms with Gasteiger partial charge in [0, 0.05) is 67.1 Å². The second kappa shape index (κ2) is 19.1. The summed E-state index contributed by atoms with van der Waals surface area (Å²) in [6, 6.07) is 59.0. The first-order valence-electron chi connectivity index (χ1n) is 33.8. The molecule has 0 amide bonds. The Hall–Kier alpha value is -8.47. The molecular formula is C86H87B2N3O. The lowest BCUT2D eigenvalue weighted by Gasteiger charge is -2.42. The fraction of sp³-hybridized carbons (Fsp3) is 0.302. The molecule has 4 aliphatic rings. The third-order valence-electron chi connectivity index (χ3n) is 21.6. The molecule has 0 spiro atoms. The van der Waals surface area contributed by atoms with Crippen LogP contribution in [-0.4, -0.2) is 22.6 Å². The molecule has 0 saturated heterocycles. The number of nitrogens with zero attached hydrogens (tertiary/aromatic N) is 3. The van der Waals surface area contributed by atoms with Gasteiger partial charge in [0.15, 0.2) is 0 Å². The van der Waals surface area contributed by atoms with Crippen LogP contribution in [0, 0.1) is 41.5 Å². The van der Waals surface area contributed by atoms with E-state index in [0.717, 1.165) is 22.9 Å². The monoisotopic (exact) mass is 1200 g/mol. The maximum atomic E-state index is 7.91. The van der Waals surface area contributed by atoms with E-state index in [2.05, 4.69) is 305 Å². The van der Waals surface area contributed by atoms with Crippen LogP contribution >= 0.6 is 0 Å². The Balaban J connectivity index is 1.07. The van der Waals surface area contributed by atoms with Gasteiger partial charge in [0.1, 0.15) is 11.5 Å². The van der Waals surface area contributed by atoms with E-state index in [4.69, 9.17) is 4.74 Å². The van der Waals surface area contributed by atoms with Crippen LogP contribution in [0.25, 0.3) is 77.2 Å². The molecule has 16 rings (SSSR count). The molecule has 0 atom stereocenters. The van der Waals surface area contributed by atoms with Crippen LogP contribution in [0.5, 0.6) is 11.5 Å². The third kappa shape index (κ3) is 8.49. The number of hydrogen-bond acceptors (Lipinski definition) is 2. The summed E-state index contributed by atoms with van der Waals surface area (Å²) in [6.45, 7) is 48.8. The van der Waals surface area contributed by atoms with E-state index in [1.807, 2.05) is 0 Å². The van der Waals surface area contributed by atoms with Crippen LogP contribution in [-0.2, 0) is 27.1 Å².